The van der Waals surface area contributed by atoms with Gasteiger partial charge < -0.3 is 11.2 Å². The monoisotopic (exact) mass is 421 g/mol. The number of thioether (sulfide) groups is 1. The van der Waals surface area contributed by atoms with Crippen LogP contribution in [0.1, 0.15) is 12.5 Å². The fraction of sp³-hybridized carbons (Fsp3) is 0.167. The second kappa shape index (κ2) is 8.21. The number of nitrogens with two attached hydrogens (primary N) is 1. The molecule has 0 aliphatic rings. The molecular weight excluding hydrogens is 405 g/mol. The van der Waals surface area contributed by atoms with Crippen LogP contribution in [0.5, 0.6) is 0 Å². The second-order valence-corrected chi connectivity index (χ2v) is 8.07. The molecule has 2 aromatic carbocycles. The lowest BCUT2D eigenvalue weighted by Crippen LogP contribution is -2.23. The number of halogens is 2. The van der Waals surface area contributed by atoms with Gasteiger partial charge in [-0.15, -0.1) is 10.2 Å². The van der Waals surface area contributed by atoms with Crippen LogP contribution >= 0.6 is 35.0 Å². The van der Waals surface area contributed by atoms with Crippen LogP contribution in [0.2, 0.25) is 10.0 Å². The summed E-state index contributed by atoms with van der Waals surface area (Å²) < 4.78 is 1.38. The largest absolute Gasteiger partial charge is 0.335 e. The molecule has 3 aromatic rings. The first kappa shape index (κ1) is 19.5. The number of anilines is 1. The summed E-state index contributed by atoms with van der Waals surface area (Å²) in [5.41, 5.74) is 2.49. The summed E-state index contributed by atoms with van der Waals surface area (Å²) in [5.74, 6) is 6.42. The molecule has 3 rings (SSSR count). The number of aryl methyl sites for hydroxylation is 1. The summed E-state index contributed by atoms with van der Waals surface area (Å²) in [6.07, 6.45) is 0. The third kappa shape index (κ3) is 4.55. The number of carbonyl (C=O) groups excluding carboxylic acids is 1. The number of hydrogen-bond acceptors (Lipinski definition) is 5. The third-order valence-electron chi connectivity index (χ3n) is 3.81. The van der Waals surface area contributed by atoms with Gasteiger partial charge in [-0.3, -0.25) is 4.79 Å². The van der Waals surface area contributed by atoms with Crippen LogP contribution in [0.4, 0.5) is 5.69 Å². The second-order valence-electron chi connectivity index (χ2n) is 5.92. The van der Waals surface area contributed by atoms with Crippen LogP contribution in [0.25, 0.3) is 11.4 Å². The summed E-state index contributed by atoms with van der Waals surface area (Å²) in [4.78, 5) is 12.5. The van der Waals surface area contributed by atoms with Crippen LogP contribution in [-0.4, -0.2) is 26.0 Å². The van der Waals surface area contributed by atoms with Gasteiger partial charge in [0.15, 0.2) is 5.82 Å². The Morgan fingerprint density at radius 1 is 1.19 bits per heavy atom. The summed E-state index contributed by atoms with van der Waals surface area (Å²) in [7, 11) is 0. The maximum atomic E-state index is 12.5. The van der Waals surface area contributed by atoms with Gasteiger partial charge >= 0.3 is 0 Å². The van der Waals surface area contributed by atoms with E-state index in [-0.39, 0.29) is 5.91 Å². The molecule has 0 fully saturated rings. The molecule has 0 saturated heterocycles. The Balaban J connectivity index is 1.71. The number of aromatic nitrogens is 3. The van der Waals surface area contributed by atoms with Crippen molar-refractivity contribution in [1.82, 2.24) is 14.9 Å². The summed E-state index contributed by atoms with van der Waals surface area (Å²) >= 11 is 13.2. The lowest BCUT2D eigenvalue weighted by molar-refractivity contribution is -0.115. The summed E-state index contributed by atoms with van der Waals surface area (Å²) in [6.45, 7) is 3.76. The number of rotatable bonds is 5. The Labute approximate surface area is 171 Å². The lowest BCUT2D eigenvalue weighted by Gasteiger charge is -2.12. The molecule has 0 saturated carbocycles. The van der Waals surface area contributed by atoms with Gasteiger partial charge in [0.25, 0.3) is 0 Å². The van der Waals surface area contributed by atoms with Crippen molar-refractivity contribution in [3.05, 3.63) is 58.1 Å². The predicted octanol–water partition coefficient (Wildman–Crippen LogP) is 4.39. The highest BCUT2D eigenvalue weighted by molar-refractivity contribution is 8.00. The van der Waals surface area contributed by atoms with Crippen molar-refractivity contribution in [2.45, 2.75) is 24.3 Å². The molecule has 6 nitrogen and oxygen atoms in total. The molecule has 1 heterocycles. The Hall–Kier alpha value is -2.22. The van der Waals surface area contributed by atoms with E-state index in [1.54, 1.807) is 25.1 Å². The highest BCUT2D eigenvalue weighted by Crippen LogP contribution is 2.28. The first-order valence-corrected chi connectivity index (χ1v) is 9.69. The minimum Gasteiger partial charge on any atom is -0.335 e. The smallest absolute Gasteiger partial charge is 0.237 e. The van der Waals surface area contributed by atoms with Crippen LogP contribution in [0.3, 0.4) is 0 Å². The van der Waals surface area contributed by atoms with Gasteiger partial charge in [0, 0.05) is 10.6 Å². The molecule has 0 bridgehead atoms. The molecular formula is C18H17Cl2N5OS. The third-order valence-corrected chi connectivity index (χ3v) is 5.42. The Morgan fingerprint density at radius 2 is 1.89 bits per heavy atom. The fourth-order valence-electron chi connectivity index (χ4n) is 2.29. The van der Waals surface area contributed by atoms with Crippen LogP contribution in [-0.2, 0) is 4.79 Å². The standard InChI is InChI=1S/C18H17Cl2N5OS/c1-10-3-5-12(6-4-10)16-23-24-18(25(16)21)27-11(2)17(26)22-15-8-7-13(19)9-14(15)20/h3-9,11H,21H2,1-2H3,(H,22,26). The zero-order valence-electron chi connectivity index (χ0n) is 14.6. The van der Waals surface area contributed by atoms with Gasteiger partial charge in [-0.2, -0.15) is 0 Å². The van der Waals surface area contributed by atoms with E-state index in [2.05, 4.69) is 15.5 Å². The van der Waals surface area contributed by atoms with Crippen LogP contribution in [0.15, 0.2) is 47.6 Å². The number of amides is 1. The molecule has 0 aliphatic carbocycles. The molecule has 9 heteroatoms. The van der Waals surface area contributed by atoms with E-state index in [0.29, 0.717) is 26.7 Å². The molecule has 1 atom stereocenters. The average Bonchev–Trinajstić information content (AvgIpc) is 2.98. The number of hydrogen-bond donors (Lipinski definition) is 2. The van der Waals surface area contributed by atoms with Crippen molar-refractivity contribution in [2.24, 2.45) is 0 Å². The highest BCUT2D eigenvalue weighted by atomic mass is 35.5. The topological polar surface area (TPSA) is 85.8 Å². The maximum Gasteiger partial charge on any atom is 0.237 e. The van der Waals surface area contributed by atoms with E-state index in [9.17, 15) is 4.79 Å². The van der Waals surface area contributed by atoms with Crippen molar-refractivity contribution < 1.29 is 4.79 Å². The number of nitrogens with one attached hydrogen (secondary N) is 1. The van der Waals surface area contributed by atoms with Crippen molar-refractivity contribution >= 4 is 46.6 Å². The Morgan fingerprint density at radius 3 is 2.56 bits per heavy atom. The van der Waals surface area contributed by atoms with Crippen LogP contribution < -0.4 is 11.2 Å². The number of carbonyl (C=O) groups is 1. The molecule has 1 unspecified atom stereocenters. The van der Waals surface area contributed by atoms with Crippen molar-refractivity contribution in [3.63, 3.8) is 0 Å². The van der Waals surface area contributed by atoms with E-state index in [0.717, 1.165) is 11.1 Å². The van der Waals surface area contributed by atoms with Gasteiger partial charge in [0.05, 0.1) is 16.0 Å². The average molecular weight is 422 g/mol. The summed E-state index contributed by atoms with van der Waals surface area (Å²) in [6, 6.07) is 12.7. The van der Waals surface area contributed by atoms with Crippen molar-refractivity contribution in [2.75, 3.05) is 11.2 Å². The Bertz CT molecular complexity index is 974. The molecule has 0 spiro atoms. The summed E-state index contributed by atoms with van der Waals surface area (Å²) in [5, 5.41) is 11.9. The van der Waals surface area contributed by atoms with Gasteiger partial charge in [-0.05, 0) is 32.0 Å². The Kier molecular flexibility index (Phi) is 5.94. The molecule has 3 N–H and O–H groups in total. The van der Waals surface area contributed by atoms with Gasteiger partial charge in [-0.1, -0.05) is 64.8 Å². The van der Waals surface area contributed by atoms with Gasteiger partial charge in [0.2, 0.25) is 11.1 Å². The van der Waals surface area contributed by atoms with E-state index < -0.39 is 5.25 Å². The molecule has 1 amide bonds. The first-order chi connectivity index (χ1) is 12.8. The van der Waals surface area contributed by atoms with Gasteiger partial charge in [-0.25, -0.2) is 4.68 Å². The van der Waals surface area contributed by atoms with E-state index in [1.807, 2.05) is 31.2 Å². The quantitative estimate of drug-likeness (QED) is 0.471. The molecule has 0 radical (unpaired) electrons. The van der Waals surface area contributed by atoms with Crippen molar-refractivity contribution in [1.29, 1.82) is 0 Å². The SMILES string of the molecule is Cc1ccc(-c2nnc(SC(C)C(=O)Nc3ccc(Cl)cc3Cl)n2N)cc1. The zero-order valence-corrected chi connectivity index (χ0v) is 16.9. The first-order valence-electron chi connectivity index (χ1n) is 8.05. The van der Waals surface area contributed by atoms with E-state index in [1.165, 1.54) is 16.4 Å². The van der Waals surface area contributed by atoms with Crippen molar-refractivity contribution in [3.8, 4) is 11.4 Å². The fourth-order valence-corrected chi connectivity index (χ4v) is 3.52. The molecule has 1 aromatic heterocycles. The van der Waals surface area contributed by atoms with E-state index >= 15 is 0 Å². The molecule has 140 valence electrons. The van der Waals surface area contributed by atoms with E-state index in [4.69, 9.17) is 29.0 Å². The predicted molar refractivity (Wildman–Crippen MR) is 111 cm³/mol. The van der Waals surface area contributed by atoms with Gasteiger partial charge in [0.1, 0.15) is 0 Å². The normalized spacial score (nSPS) is 12.0. The lowest BCUT2D eigenvalue weighted by atomic mass is 10.1. The number of benzene rings is 2. The number of nitrogens with zero attached hydrogens (tertiary/aromatic N) is 3. The minimum atomic E-state index is -0.464. The molecule has 0 aliphatic heterocycles. The maximum absolute atomic E-state index is 12.5. The highest BCUT2D eigenvalue weighted by Gasteiger charge is 2.20. The zero-order chi connectivity index (χ0) is 19.6. The minimum absolute atomic E-state index is 0.232. The van der Waals surface area contributed by atoms with Crippen LogP contribution in [0, 0.1) is 6.92 Å². The molecule has 27 heavy (non-hydrogen) atoms. The number of nitrogen functional groups attached to an aromatic ring is 1.